The van der Waals surface area contributed by atoms with Gasteiger partial charge in [-0.3, -0.25) is 14.4 Å². The fraction of sp³-hybridized carbons (Fsp3) is 0.484. The smallest absolute Gasteiger partial charge is 0.272 e. The first-order valence-electron chi connectivity index (χ1n) is 14.0. The third kappa shape index (κ3) is 6.14. The minimum atomic E-state index is -0.102. The summed E-state index contributed by atoms with van der Waals surface area (Å²) >= 11 is 0. The van der Waals surface area contributed by atoms with Crippen LogP contribution in [-0.2, 0) is 17.9 Å². The molecule has 2 heterocycles. The molecule has 0 spiro atoms. The number of para-hydroxylation sites is 1. The summed E-state index contributed by atoms with van der Waals surface area (Å²) in [5.74, 6) is 0.358. The molecule has 7 heteroatoms. The molecule has 0 atom stereocenters. The van der Waals surface area contributed by atoms with Crippen LogP contribution in [0.2, 0.25) is 0 Å². The number of benzene rings is 2. The molecule has 1 aliphatic rings. The molecule has 2 amide bonds. The summed E-state index contributed by atoms with van der Waals surface area (Å²) in [4.78, 5) is 48.0. The van der Waals surface area contributed by atoms with Crippen molar-refractivity contribution in [2.45, 2.75) is 79.3 Å². The van der Waals surface area contributed by atoms with Crippen molar-refractivity contribution in [2.24, 2.45) is 5.92 Å². The molecule has 0 N–H and O–H groups in total. The van der Waals surface area contributed by atoms with E-state index in [0.29, 0.717) is 49.4 Å². The molecule has 0 unspecified atom stereocenters. The SMILES string of the molecule is CCn1c(=O)c(C)nc2cc(C(=O)N3CCCCCCCN(C(=O)CC(C)C)c4ccccc4C3)ccc21. The van der Waals surface area contributed by atoms with Crippen molar-refractivity contribution < 1.29 is 9.59 Å². The van der Waals surface area contributed by atoms with Crippen molar-refractivity contribution in [2.75, 3.05) is 18.0 Å². The minimum absolute atomic E-state index is 0.0625. The number of hydrogen-bond donors (Lipinski definition) is 0. The van der Waals surface area contributed by atoms with Crippen LogP contribution in [0.1, 0.15) is 80.9 Å². The quantitative estimate of drug-likeness (QED) is 0.445. The maximum Gasteiger partial charge on any atom is 0.272 e. The van der Waals surface area contributed by atoms with E-state index in [1.165, 1.54) is 0 Å². The molecule has 1 aromatic heterocycles. The molecule has 4 rings (SSSR count). The highest BCUT2D eigenvalue weighted by molar-refractivity contribution is 5.98. The van der Waals surface area contributed by atoms with Gasteiger partial charge in [0.1, 0.15) is 5.69 Å². The van der Waals surface area contributed by atoms with Crippen molar-refractivity contribution in [1.29, 1.82) is 0 Å². The van der Waals surface area contributed by atoms with E-state index >= 15 is 0 Å². The molecule has 0 saturated carbocycles. The summed E-state index contributed by atoms with van der Waals surface area (Å²) in [6.07, 6.45) is 5.62. The van der Waals surface area contributed by atoms with Crippen molar-refractivity contribution >= 4 is 28.5 Å². The van der Waals surface area contributed by atoms with E-state index in [4.69, 9.17) is 0 Å². The maximum absolute atomic E-state index is 13.9. The Hall–Kier alpha value is -3.48. The van der Waals surface area contributed by atoms with Gasteiger partial charge in [-0.1, -0.05) is 51.3 Å². The van der Waals surface area contributed by atoms with E-state index in [9.17, 15) is 14.4 Å². The van der Waals surface area contributed by atoms with Gasteiger partial charge in [0.15, 0.2) is 0 Å². The Morgan fingerprint density at radius 1 is 0.974 bits per heavy atom. The predicted octanol–water partition coefficient (Wildman–Crippen LogP) is 5.71. The highest BCUT2D eigenvalue weighted by Gasteiger charge is 2.23. The molecular weight excluding hydrogens is 476 g/mol. The number of carbonyl (C=O) groups excluding carboxylic acids is 2. The lowest BCUT2D eigenvalue weighted by Gasteiger charge is -2.30. The monoisotopic (exact) mass is 516 g/mol. The molecule has 2 aromatic carbocycles. The van der Waals surface area contributed by atoms with E-state index in [1.54, 1.807) is 23.6 Å². The van der Waals surface area contributed by atoms with Crippen LogP contribution in [0.4, 0.5) is 5.69 Å². The Labute approximate surface area is 225 Å². The number of rotatable bonds is 4. The molecule has 0 fully saturated rings. The number of anilines is 1. The van der Waals surface area contributed by atoms with Gasteiger partial charge >= 0.3 is 0 Å². The van der Waals surface area contributed by atoms with Gasteiger partial charge in [0.25, 0.3) is 11.5 Å². The summed E-state index contributed by atoms with van der Waals surface area (Å²) < 4.78 is 1.70. The Morgan fingerprint density at radius 3 is 2.42 bits per heavy atom. The van der Waals surface area contributed by atoms with Gasteiger partial charge < -0.3 is 14.4 Å². The van der Waals surface area contributed by atoms with Crippen LogP contribution >= 0.6 is 0 Å². The fourth-order valence-electron chi connectivity index (χ4n) is 5.31. The number of hydrogen-bond acceptors (Lipinski definition) is 4. The topological polar surface area (TPSA) is 75.5 Å². The second-order valence-corrected chi connectivity index (χ2v) is 10.7. The summed E-state index contributed by atoms with van der Waals surface area (Å²) in [6, 6.07) is 13.4. The predicted molar refractivity (Wildman–Crippen MR) is 152 cm³/mol. The van der Waals surface area contributed by atoms with Crippen molar-refractivity contribution in [3.05, 3.63) is 69.6 Å². The summed E-state index contributed by atoms with van der Waals surface area (Å²) in [5.41, 5.74) is 4.15. The van der Waals surface area contributed by atoms with Gasteiger partial charge in [0.2, 0.25) is 5.91 Å². The van der Waals surface area contributed by atoms with Gasteiger partial charge in [0.05, 0.1) is 11.0 Å². The maximum atomic E-state index is 13.9. The number of aryl methyl sites for hydroxylation is 2. The highest BCUT2D eigenvalue weighted by Crippen LogP contribution is 2.26. The number of nitrogens with zero attached hydrogens (tertiary/aromatic N) is 4. The highest BCUT2D eigenvalue weighted by atomic mass is 16.2. The Bertz CT molecular complexity index is 1360. The first-order valence-corrected chi connectivity index (χ1v) is 14.0. The average Bonchev–Trinajstić information content (AvgIpc) is 2.88. The van der Waals surface area contributed by atoms with E-state index in [1.807, 2.05) is 47.1 Å². The van der Waals surface area contributed by atoms with Crippen LogP contribution in [0.25, 0.3) is 11.0 Å². The molecule has 38 heavy (non-hydrogen) atoms. The molecular formula is C31H40N4O3. The van der Waals surface area contributed by atoms with Gasteiger partial charge in [-0.15, -0.1) is 0 Å². The van der Waals surface area contributed by atoms with Crippen LogP contribution in [0.3, 0.4) is 0 Å². The van der Waals surface area contributed by atoms with Crippen molar-refractivity contribution in [3.8, 4) is 0 Å². The molecule has 0 aliphatic carbocycles. The van der Waals surface area contributed by atoms with Crippen molar-refractivity contribution in [1.82, 2.24) is 14.5 Å². The van der Waals surface area contributed by atoms with Gasteiger partial charge in [0, 0.05) is 43.9 Å². The Balaban J connectivity index is 1.70. The Kier molecular flexibility index (Phi) is 8.97. The number of fused-ring (bicyclic) bond motifs is 2. The molecule has 3 aromatic rings. The van der Waals surface area contributed by atoms with Gasteiger partial charge in [-0.25, -0.2) is 4.98 Å². The minimum Gasteiger partial charge on any atom is -0.334 e. The fourth-order valence-corrected chi connectivity index (χ4v) is 5.31. The molecule has 7 nitrogen and oxygen atoms in total. The lowest BCUT2D eigenvalue weighted by molar-refractivity contribution is -0.119. The summed E-state index contributed by atoms with van der Waals surface area (Å²) in [5, 5.41) is 0. The first kappa shape index (κ1) is 27.6. The van der Waals surface area contributed by atoms with E-state index in [0.717, 1.165) is 48.9 Å². The zero-order chi connectivity index (χ0) is 27.2. The molecule has 1 aliphatic heterocycles. The zero-order valence-electron chi connectivity index (χ0n) is 23.2. The third-order valence-corrected chi connectivity index (χ3v) is 7.30. The Morgan fingerprint density at radius 2 is 1.68 bits per heavy atom. The lowest BCUT2D eigenvalue weighted by atomic mass is 10.0. The largest absolute Gasteiger partial charge is 0.334 e. The zero-order valence-corrected chi connectivity index (χ0v) is 23.2. The number of aromatic nitrogens is 2. The standard InChI is InChI=1S/C31H40N4O3/c1-5-34-28-16-15-24(20-26(28)32-23(4)30(34)37)31(38)33-17-11-7-6-8-12-18-35(29(36)19-22(2)3)27-14-10-9-13-25(27)21-33/h9-10,13-16,20,22H,5-8,11-12,17-19,21H2,1-4H3. The van der Waals surface area contributed by atoms with Crippen LogP contribution < -0.4 is 10.5 Å². The second kappa shape index (κ2) is 12.4. The van der Waals surface area contributed by atoms with E-state index < -0.39 is 0 Å². The van der Waals surface area contributed by atoms with Gasteiger partial charge in [-0.2, -0.15) is 0 Å². The van der Waals surface area contributed by atoms with Crippen LogP contribution in [0, 0.1) is 12.8 Å². The molecule has 0 radical (unpaired) electrons. The number of carbonyl (C=O) groups is 2. The summed E-state index contributed by atoms with van der Waals surface area (Å²) in [6.45, 7) is 10.1. The second-order valence-electron chi connectivity index (χ2n) is 10.7. The van der Waals surface area contributed by atoms with Gasteiger partial charge in [-0.05, 0) is 62.4 Å². The average molecular weight is 517 g/mol. The van der Waals surface area contributed by atoms with Crippen molar-refractivity contribution in [3.63, 3.8) is 0 Å². The van der Waals surface area contributed by atoms with E-state index in [2.05, 4.69) is 18.8 Å². The molecule has 0 bridgehead atoms. The van der Waals surface area contributed by atoms with Crippen LogP contribution in [0.5, 0.6) is 0 Å². The molecule has 202 valence electrons. The molecule has 0 saturated heterocycles. The third-order valence-electron chi connectivity index (χ3n) is 7.30. The lowest BCUT2D eigenvalue weighted by Crippen LogP contribution is -2.36. The van der Waals surface area contributed by atoms with Crippen LogP contribution in [0.15, 0.2) is 47.3 Å². The normalized spacial score (nSPS) is 15.2. The summed E-state index contributed by atoms with van der Waals surface area (Å²) in [7, 11) is 0. The van der Waals surface area contributed by atoms with E-state index in [-0.39, 0.29) is 23.3 Å². The first-order chi connectivity index (χ1) is 18.3. The number of amides is 2. The van der Waals surface area contributed by atoms with Crippen LogP contribution in [-0.4, -0.2) is 39.4 Å².